The predicted molar refractivity (Wildman–Crippen MR) is 211 cm³/mol. The average Bonchev–Trinajstić information content (AvgIpc) is 3.62. The maximum atomic E-state index is 12.9. The fraction of sp³-hybridized carbons (Fsp3) is 0.811. The Bertz CT molecular complexity index is 1760. The highest BCUT2D eigenvalue weighted by atomic mass is 16.7. The van der Waals surface area contributed by atoms with Crippen LogP contribution in [-0.4, -0.2) is 238 Å². The summed E-state index contributed by atoms with van der Waals surface area (Å²) in [7, 11) is 3.49. The molecule has 7 rings (SSSR count). The van der Waals surface area contributed by atoms with Gasteiger partial charge in [-0.2, -0.15) is 0 Å². The number of ether oxygens (including phenoxy) is 6. The molecule has 0 radical (unpaired) electrons. The lowest BCUT2D eigenvalue weighted by Crippen LogP contribution is -2.70. The molecule has 7 aliphatic rings. The first-order chi connectivity index (χ1) is 29.7. The second-order valence-corrected chi connectivity index (χ2v) is 16.9. The fourth-order valence-electron chi connectivity index (χ4n) is 9.77. The Morgan fingerprint density at radius 1 is 0.905 bits per heavy atom. The zero-order valence-corrected chi connectivity index (χ0v) is 35.0. The summed E-state index contributed by atoms with van der Waals surface area (Å²) in [4.78, 5) is 40.8. The van der Waals surface area contributed by atoms with Crippen molar-refractivity contribution in [1.29, 1.82) is 0 Å². The summed E-state index contributed by atoms with van der Waals surface area (Å²) in [5, 5.41) is 84.1. The van der Waals surface area contributed by atoms with Crippen LogP contribution >= 0.6 is 0 Å². The highest BCUT2D eigenvalue weighted by Gasteiger charge is 2.75. The lowest BCUT2D eigenvalue weighted by atomic mass is 9.82. The molecule has 0 aromatic heterocycles. The zero-order valence-electron chi connectivity index (χ0n) is 35.0. The monoisotopic (exact) mass is 905 g/mol. The number of carbonyl (C=O) groups is 3. The molecule has 1 unspecified atom stereocenters. The fourth-order valence-corrected chi connectivity index (χ4v) is 9.77. The number of nitrogens with zero attached hydrogens (tertiary/aromatic N) is 2. The number of likely N-dealkylation sites (N-methyl/N-ethyl adjacent to an activating group) is 1. The van der Waals surface area contributed by atoms with E-state index in [0.717, 1.165) is 0 Å². The lowest BCUT2D eigenvalue weighted by Gasteiger charge is -2.49. The van der Waals surface area contributed by atoms with Crippen LogP contribution in [0.4, 0.5) is 4.79 Å². The molecule has 5 aliphatic heterocycles. The number of hydrogen-bond acceptors (Lipinski definition) is 25. The van der Waals surface area contributed by atoms with E-state index in [1.807, 2.05) is 11.9 Å². The predicted octanol–water partition coefficient (Wildman–Crippen LogP) is -9.65. The summed E-state index contributed by atoms with van der Waals surface area (Å²) < 4.78 is 33.8. The van der Waals surface area contributed by atoms with Crippen LogP contribution in [0.15, 0.2) is 22.5 Å². The Labute approximate surface area is 361 Å². The van der Waals surface area contributed by atoms with Crippen LogP contribution in [0.1, 0.15) is 13.3 Å². The molecule has 0 aromatic rings. The number of carbonyl (C=O) groups excluding carboxylic acids is 3. The first-order valence-electron chi connectivity index (χ1n) is 20.6. The van der Waals surface area contributed by atoms with Gasteiger partial charge in [-0.1, -0.05) is 0 Å². The van der Waals surface area contributed by atoms with Crippen molar-refractivity contribution in [2.75, 3.05) is 53.7 Å². The molecule has 0 bridgehead atoms. The molecule has 26 heteroatoms. The van der Waals surface area contributed by atoms with Gasteiger partial charge >= 0.3 is 6.09 Å². The number of piperazine rings is 1. The van der Waals surface area contributed by atoms with Crippen molar-refractivity contribution in [2.24, 2.45) is 40.3 Å². The van der Waals surface area contributed by atoms with Gasteiger partial charge in [0.05, 0.1) is 61.3 Å². The Kier molecular flexibility index (Phi) is 15.2. The number of hydrogen-bond donors (Lipinski definition) is 15. The third-order valence-corrected chi connectivity index (χ3v) is 13.4. The Morgan fingerprint density at radius 3 is 2.13 bits per heavy atom. The van der Waals surface area contributed by atoms with Crippen LogP contribution in [-0.2, 0) is 38.0 Å². The molecule has 5 heterocycles. The minimum absolute atomic E-state index is 0.00768. The summed E-state index contributed by atoms with van der Waals surface area (Å²) in [6, 6.07) is -4.77. The largest absolute Gasteiger partial charge is 0.449 e. The molecule has 4 saturated heterocycles. The molecule has 1 saturated carbocycles. The summed E-state index contributed by atoms with van der Waals surface area (Å²) in [5.74, 6) is -1.32. The van der Waals surface area contributed by atoms with E-state index in [0.29, 0.717) is 12.2 Å². The third kappa shape index (κ3) is 8.61. The number of allylic oxidation sites excluding steroid dienone is 2. The summed E-state index contributed by atoms with van der Waals surface area (Å²) in [5.41, 5.74) is 34.6. The number of aliphatic hydroxyl groups excluding tert-OH is 8. The highest BCUT2D eigenvalue weighted by molar-refractivity contribution is 6.25. The van der Waals surface area contributed by atoms with Gasteiger partial charge in [0.15, 0.2) is 18.3 Å². The minimum Gasteiger partial charge on any atom is -0.449 e. The number of rotatable bonds is 13. The van der Waals surface area contributed by atoms with Crippen molar-refractivity contribution in [3.8, 4) is 0 Å². The minimum atomic E-state index is -1.56. The summed E-state index contributed by atoms with van der Waals surface area (Å²) >= 11 is 0. The van der Waals surface area contributed by atoms with Crippen LogP contribution in [0, 0.1) is 5.92 Å². The van der Waals surface area contributed by atoms with Crippen molar-refractivity contribution in [1.82, 2.24) is 15.1 Å². The SMILES string of the molecule is CO[C@@]12[C@H](COC(N)=O)C3=C(C(=O)C(C)=C(N)C3=O)N1C[C@H]1[C@@H]2N1C.NC[C@H]1O[C@H](O[C@H]2[C@H](O)[C@@H](O[C@H]3O[C@H](CO)[C@@H](O)[C@H](N)[C@H]3O)[C@H](NC(CO)CO)C[C@@H]2N)[C@H](N)[C@@H](O)[C@@H]1O. The molecule has 0 spiro atoms. The smallest absolute Gasteiger partial charge is 0.404 e. The number of ketones is 2. The second-order valence-electron chi connectivity index (χ2n) is 16.9. The van der Waals surface area contributed by atoms with Gasteiger partial charge in [-0.25, -0.2) is 4.79 Å². The molecule has 1 amide bonds. The van der Waals surface area contributed by atoms with E-state index in [1.165, 1.54) is 7.11 Å². The van der Waals surface area contributed by atoms with E-state index in [4.69, 9.17) is 62.8 Å². The number of Topliss-reactive ketones (excluding diaryl/α,β-unsaturated/α-hetero) is 2. The van der Waals surface area contributed by atoms with Gasteiger partial charge in [0.2, 0.25) is 11.6 Å². The molecule has 21 N–H and O–H groups in total. The van der Waals surface area contributed by atoms with Crippen molar-refractivity contribution in [3.05, 3.63) is 22.5 Å². The molecule has 20 atom stereocenters. The molecule has 63 heavy (non-hydrogen) atoms. The van der Waals surface area contributed by atoms with Gasteiger partial charge < -0.3 is 114 Å². The summed E-state index contributed by atoms with van der Waals surface area (Å²) in [6.07, 6.45) is -15.7. The van der Waals surface area contributed by atoms with Crippen LogP contribution in [0.3, 0.4) is 0 Å². The maximum Gasteiger partial charge on any atom is 0.404 e. The van der Waals surface area contributed by atoms with Crippen LogP contribution in [0.2, 0.25) is 0 Å². The van der Waals surface area contributed by atoms with Gasteiger partial charge in [0.1, 0.15) is 61.5 Å². The van der Waals surface area contributed by atoms with E-state index in [1.54, 1.807) is 6.92 Å². The number of fused-ring (bicyclic) bond motifs is 4. The molecule has 358 valence electrons. The molecule has 26 nitrogen and oxygen atoms in total. The number of nitrogens with two attached hydrogens (primary N) is 6. The van der Waals surface area contributed by atoms with Crippen molar-refractivity contribution in [2.45, 2.75) is 129 Å². The van der Waals surface area contributed by atoms with E-state index in [9.17, 15) is 55.2 Å². The number of primary amides is 1. The Morgan fingerprint density at radius 2 is 1.54 bits per heavy atom. The zero-order chi connectivity index (χ0) is 46.6. The molecular weight excluding hydrogens is 842 g/mol. The number of aliphatic hydroxyl groups is 8. The highest BCUT2D eigenvalue weighted by Crippen LogP contribution is 2.59. The van der Waals surface area contributed by atoms with Gasteiger partial charge in [-0.3, -0.25) is 14.5 Å². The van der Waals surface area contributed by atoms with Gasteiger partial charge in [-0.15, -0.1) is 0 Å². The second kappa shape index (κ2) is 19.4. The van der Waals surface area contributed by atoms with Gasteiger partial charge in [-0.05, 0) is 20.4 Å². The normalized spacial score (nSPS) is 44.6. The van der Waals surface area contributed by atoms with E-state index >= 15 is 0 Å². The third-order valence-electron chi connectivity index (χ3n) is 13.4. The van der Waals surface area contributed by atoms with Gasteiger partial charge in [0, 0.05) is 49.5 Å². The maximum absolute atomic E-state index is 12.9. The number of amides is 1. The van der Waals surface area contributed by atoms with Crippen molar-refractivity contribution in [3.63, 3.8) is 0 Å². The van der Waals surface area contributed by atoms with Crippen molar-refractivity contribution < 1.29 is 83.7 Å². The van der Waals surface area contributed by atoms with Crippen LogP contribution in [0.5, 0.6) is 0 Å². The lowest BCUT2D eigenvalue weighted by molar-refractivity contribution is -0.320. The first kappa shape index (κ1) is 49.4. The average molecular weight is 906 g/mol. The van der Waals surface area contributed by atoms with Crippen molar-refractivity contribution >= 4 is 17.7 Å². The number of nitrogens with one attached hydrogen (secondary N) is 1. The van der Waals surface area contributed by atoms with E-state index < -0.39 is 141 Å². The first-order valence-corrected chi connectivity index (χ1v) is 20.6. The van der Waals surface area contributed by atoms with E-state index in [2.05, 4.69) is 10.2 Å². The molecule has 2 aliphatic carbocycles. The van der Waals surface area contributed by atoms with E-state index in [-0.39, 0.29) is 54.3 Å². The summed E-state index contributed by atoms with van der Waals surface area (Å²) in [6.45, 7) is 0.265. The molecule has 0 aromatic carbocycles. The Hall–Kier alpha value is -3.07. The topological polar surface area (TPSA) is 443 Å². The van der Waals surface area contributed by atoms with Gasteiger partial charge in [0.25, 0.3) is 0 Å². The Balaban J connectivity index is 0.000000227. The molecular formula is C37H63N9O17. The van der Waals surface area contributed by atoms with Crippen LogP contribution < -0.4 is 39.7 Å². The quantitative estimate of drug-likeness (QED) is 0.0603. The standard InChI is InChI=1S/C21H43N5O12.C16H20N4O5/c22-2-9-14(31)15(32)12(25)20(35-9)37-18-7(23)1-8(26-6(3-27)4-28)19(17(18)34)38-21-16(33)11(24)13(30)10(5-29)36-21;1-6-10(17)13(22)9-7(5-25-15(18)23)16(24-3)14-8(19(14)2)4-20(16)11(9)12(6)21/h6-21,26-34H,1-5,22-25H2;7-8,14H,4-5,17H2,1-3H3,(H2,18,23)/t7-,8+,9+,10+,11-,12+,13+,14+,15+,16+,17-,18+,19-,20+,21+;7-,8+,14+,16-,19?/m01/s1. The molecule has 5 fully saturated rings. The van der Waals surface area contributed by atoms with Crippen LogP contribution in [0.25, 0.3) is 0 Å². The number of methoxy groups -OCH3 is 1.